The van der Waals surface area contributed by atoms with Gasteiger partial charge in [0, 0.05) is 6.42 Å². The van der Waals surface area contributed by atoms with Gasteiger partial charge in [-0.2, -0.15) is 5.10 Å². The van der Waals surface area contributed by atoms with Gasteiger partial charge in [0.25, 0.3) is 0 Å². The first-order valence-electron chi connectivity index (χ1n) is 6.30. The molecule has 2 aromatic rings. The average Bonchev–Trinajstić information content (AvgIpc) is 2.84. The number of rotatable bonds is 3. The summed E-state index contributed by atoms with van der Waals surface area (Å²) in [6.45, 7) is 0. The Hall–Kier alpha value is -2.42. The molecule has 0 aromatic heterocycles. The molecule has 0 fully saturated rings. The predicted octanol–water partition coefficient (Wildman–Crippen LogP) is 2.65. The van der Waals surface area contributed by atoms with E-state index < -0.39 is 0 Å². The summed E-state index contributed by atoms with van der Waals surface area (Å²) in [5, 5.41) is 6.27. The number of benzene rings is 2. The largest absolute Gasteiger partial charge is 0.301 e. The van der Waals surface area contributed by atoms with E-state index in [1.165, 1.54) is 5.56 Å². The minimum atomic E-state index is -0.197. The summed E-state index contributed by atoms with van der Waals surface area (Å²) in [6, 6.07) is 17.7. The van der Waals surface area contributed by atoms with E-state index in [9.17, 15) is 4.79 Å². The number of hydrazone groups is 1. The Bertz CT molecular complexity index is 607. The van der Waals surface area contributed by atoms with Crippen LogP contribution in [0.5, 0.6) is 0 Å². The van der Waals surface area contributed by atoms with Gasteiger partial charge in [-0.25, -0.2) is 0 Å². The highest BCUT2D eigenvalue weighted by atomic mass is 16.1. The summed E-state index contributed by atoms with van der Waals surface area (Å²) in [5.74, 6) is 0. The van der Waals surface area contributed by atoms with Gasteiger partial charge in [-0.05, 0) is 17.2 Å². The van der Waals surface area contributed by atoms with Crippen molar-refractivity contribution in [2.75, 3.05) is 5.01 Å². The SMILES string of the molecule is O=CC1Cc2ccccc2N1/N=C/c1ccccc1. The molecule has 1 heterocycles. The maximum Gasteiger partial charge on any atom is 0.144 e. The molecule has 1 aliphatic rings. The van der Waals surface area contributed by atoms with Crippen LogP contribution < -0.4 is 5.01 Å². The molecule has 0 amide bonds. The van der Waals surface area contributed by atoms with Crippen molar-refractivity contribution in [3.8, 4) is 0 Å². The monoisotopic (exact) mass is 250 g/mol. The standard InChI is InChI=1S/C16H14N2O/c19-12-15-10-14-8-4-5-9-16(14)18(15)17-11-13-6-2-1-3-7-13/h1-9,11-12,15H,10H2/b17-11+. The second-order valence-corrected chi connectivity index (χ2v) is 4.54. The van der Waals surface area contributed by atoms with Gasteiger partial charge in [0.2, 0.25) is 0 Å². The molecule has 3 heteroatoms. The van der Waals surface area contributed by atoms with Crippen LogP contribution in [0.25, 0.3) is 0 Å². The molecule has 1 unspecified atom stereocenters. The fourth-order valence-electron chi connectivity index (χ4n) is 2.32. The predicted molar refractivity (Wildman–Crippen MR) is 76.5 cm³/mol. The number of hydrogen-bond acceptors (Lipinski definition) is 3. The normalized spacial score (nSPS) is 17.7. The molecule has 0 aliphatic carbocycles. The maximum absolute atomic E-state index is 11.2. The summed E-state index contributed by atoms with van der Waals surface area (Å²) >= 11 is 0. The molecule has 0 radical (unpaired) electrons. The third-order valence-electron chi connectivity index (χ3n) is 3.27. The van der Waals surface area contributed by atoms with Crippen LogP contribution in [0, 0.1) is 0 Å². The fraction of sp³-hybridized carbons (Fsp3) is 0.125. The summed E-state index contributed by atoms with van der Waals surface area (Å²) in [4.78, 5) is 11.2. The van der Waals surface area contributed by atoms with Crippen LogP contribution in [0.3, 0.4) is 0 Å². The lowest BCUT2D eigenvalue weighted by Crippen LogP contribution is -2.28. The van der Waals surface area contributed by atoms with E-state index in [2.05, 4.69) is 5.10 Å². The highest BCUT2D eigenvalue weighted by Crippen LogP contribution is 2.31. The number of fused-ring (bicyclic) bond motifs is 1. The summed E-state index contributed by atoms with van der Waals surface area (Å²) in [7, 11) is 0. The number of aldehydes is 1. The molecular weight excluding hydrogens is 236 g/mol. The summed E-state index contributed by atoms with van der Waals surface area (Å²) < 4.78 is 0. The number of carbonyl (C=O) groups excluding carboxylic acids is 1. The highest BCUT2D eigenvalue weighted by molar-refractivity contribution is 5.82. The summed E-state index contributed by atoms with van der Waals surface area (Å²) in [5.41, 5.74) is 3.22. The van der Waals surface area contributed by atoms with E-state index in [1.54, 1.807) is 11.2 Å². The zero-order valence-electron chi connectivity index (χ0n) is 10.4. The van der Waals surface area contributed by atoms with E-state index >= 15 is 0 Å². The van der Waals surface area contributed by atoms with Gasteiger partial charge in [-0.3, -0.25) is 5.01 Å². The highest BCUT2D eigenvalue weighted by Gasteiger charge is 2.28. The van der Waals surface area contributed by atoms with Crippen LogP contribution in [-0.4, -0.2) is 18.5 Å². The third kappa shape index (κ3) is 2.27. The quantitative estimate of drug-likeness (QED) is 0.619. The maximum atomic E-state index is 11.2. The van der Waals surface area contributed by atoms with E-state index in [1.807, 2.05) is 54.6 Å². The molecule has 94 valence electrons. The van der Waals surface area contributed by atoms with Gasteiger partial charge in [-0.15, -0.1) is 0 Å². The van der Waals surface area contributed by atoms with Crippen molar-refractivity contribution in [2.45, 2.75) is 12.5 Å². The van der Waals surface area contributed by atoms with Crippen molar-refractivity contribution in [3.63, 3.8) is 0 Å². The van der Waals surface area contributed by atoms with Crippen LogP contribution in [0.2, 0.25) is 0 Å². The molecule has 1 atom stereocenters. The van der Waals surface area contributed by atoms with Crippen LogP contribution in [0.1, 0.15) is 11.1 Å². The topological polar surface area (TPSA) is 32.7 Å². The van der Waals surface area contributed by atoms with Crippen LogP contribution in [-0.2, 0) is 11.2 Å². The second-order valence-electron chi connectivity index (χ2n) is 4.54. The Morgan fingerprint density at radius 3 is 2.58 bits per heavy atom. The number of para-hydroxylation sites is 1. The Balaban J connectivity index is 1.90. The van der Waals surface area contributed by atoms with Gasteiger partial charge in [0.05, 0.1) is 11.9 Å². The average molecular weight is 250 g/mol. The zero-order valence-corrected chi connectivity index (χ0v) is 10.4. The molecule has 0 spiro atoms. The molecule has 2 aromatic carbocycles. The number of anilines is 1. The van der Waals surface area contributed by atoms with E-state index in [0.717, 1.165) is 24.0 Å². The lowest BCUT2D eigenvalue weighted by atomic mass is 10.1. The van der Waals surface area contributed by atoms with Gasteiger partial charge in [0.1, 0.15) is 12.3 Å². The molecular formula is C16H14N2O. The molecule has 1 aliphatic heterocycles. The molecule has 0 N–H and O–H groups in total. The van der Waals surface area contributed by atoms with Gasteiger partial charge < -0.3 is 4.79 Å². The second kappa shape index (κ2) is 5.06. The smallest absolute Gasteiger partial charge is 0.144 e. The van der Waals surface area contributed by atoms with E-state index in [-0.39, 0.29) is 6.04 Å². The number of hydrogen-bond donors (Lipinski definition) is 0. The molecule has 3 rings (SSSR count). The van der Waals surface area contributed by atoms with Crippen molar-refractivity contribution >= 4 is 18.2 Å². The first kappa shape index (κ1) is 11.7. The molecule has 3 nitrogen and oxygen atoms in total. The lowest BCUT2D eigenvalue weighted by Gasteiger charge is -2.17. The van der Waals surface area contributed by atoms with E-state index in [0.29, 0.717) is 0 Å². The van der Waals surface area contributed by atoms with E-state index in [4.69, 9.17) is 0 Å². The fourth-order valence-corrected chi connectivity index (χ4v) is 2.32. The van der Waals surface area contributed by atoms with Crippen molar-refractivity contribution in [1.82, 2.24) is 0 Å². The Morgan fingerprint density at radius 1 is 1.05 bits per heavy atom. The first-order valence-corrected chi connectivity index (χ1v) is 6.30. The Kier molecular flexibility index (Phi) is 3.11. The van der Waals surface area contributed by atoms with Crippen LogP contribution in [0.4, 0.5) is 5.69 Å². The Morgan fingerprint density at radius 2 is 1.79 bits per heavy atom. The zero-order chi connectivity index (χ0) is 13.1. The van der Waals surface area contributed by atoms with Gasteiger partial charge in [-0.1, -0.05) is 48.5 Å². The van der Waals surface area contributed by atoms with Gasteiger partial charge >= 0.3 is 0 Å². The van der Waals surface area contributed by atoms with Gasteiger partial charge in [0.15, 0.2) is 0 Å². The summed E-state index contributed by atoms with van der Waals surface area (Å²) in [6.07, 6.45) is 3.48. The lowest BCUT2D eigenvalue weighted by molar-refractivity contribution is -0.108. The Labute approximate surface area is 112 Å². The van der Waals surface area contributed by atoms with Crippen molar-refractivity contribution in [3.05, 3.63) is 65.7 Å². The van der Waals surface area contributed by atoms with Crippen LogP contribution >= 0.6 is 0 Å². The van der Waals surface area contributed by atoms with Crippen molar-refractivity contribution in [1.29, 1.82) is 0 Å². The van der Waals surface area contributed by atoms with Crippen molar-refractivity contribution in [2.24, 2.45) is 5.10 Å². The first-order chi connectivity index (χ1) is 9.38. The molecule has 0 bridgehead atoms. The van der Waals surface area contributed by atoms with Crippen molar-refractivity contribution < 1.29 is 4.79 Å². The minimum Gasteiger partial charge on any atom is -0.301 e. The minimum absolute atomic E-state index is 0.197. The molecule has 0 saturated heterocycles. The third-order valence-corrected chi connectivity index (χ3v) is 3.27. The number of carbonyl (C=O) groups is 1. The number of nitrogens with zero attached hydrogens (tertiary/aromatic N) is 2. The molecule has 0 saturated carbocycles. The molecule has 19 heavy (non-hydrogen) atoms. The van der Waals surface area contributed by atoms with Crippen LogP contribution in [0.15, 0.2) is 59.7 Å².